The summed E-state index contributed by atoms with van der Waals surface area (Å²) in [6.07, 6.45) is 7.56. The van der Waals surface area contributed by atoms with Crippen molar-refractivity contribution >= 4 is 28.5 Å². The Hall–Kier alpha value is -2.80. The van der Waals surface area contributed by atoms with Gasteiger partial charge in [0.15, 0.2) is 11.3 Å². The molecule has 0 fully saturated rings. The lowest BCUT2D eigenvalue weighted by molar-refractivity contribution is -0.116. The Kier molecular flexibility index (Phi) is 8.63. The van der Waals surface area contributed by atoms with E-state index in [0.29, 0.717) is 17.5 Å². The topological polar surface area (TPSA) is 66.3 Å². The number of unbranched alkanes of at least 4 members (excludes halogenated alkanes) is 5. The third kappa shape index (κ3) is 5.63. The van der Waals surface area contributed by atoms with Crippen LogP contribution in [0.1, 0.15) is 70.5 Å². The fourth-order valence-electron chi connectivity index (χ4n) is 4.15. The van der Waals surface area contributed by atoms with Gasteiger partial charge >= 0.3 is 0 Å². The molecule has 2 aliphatic rings. The third-order valence-electron chi connectivity index (χ3n) is 5.95. The Balaban J connectivity index is 1.68. The van der Waals surface area contributed by atoms with Gasteiger partial charge in [-0.2, -0.15) is 0 Å². The fraction of sp³-hybridized carbons (Fsp3) is 0.444. The van der Waals surface area contributed by atoms with Crippen molar-refractivity contribution in [1.82, 2.24) is 10.3 Å². The lowest BCUT2D eigenvalue weighted by Crippen LogP contribution is -2.50. The van der Waals surface area contributed by atoms with Crippen LogP contribution in [0.15, 0.2) is 58.6 Å². The van der Waals surface area contributed by atoms with Gasteiger partial charge in [-0.25, -0.2) is 5.01 Å². The van der Waals surface area contributed by atoms with Crippen molar-refractivity contribution in [2.75, 3.05) is 12.4 Å². The Bertz CT molecular complexity index is 1150. The van der Waals surface area contributed by atoms with Crippen LogP contribution in [0.2, 0.25) is 0 Å². The second-order valence-corrected chi connectivity index (χ2v) is 9.66. The van der Waals surface area contributed by atoms with Gasteiger partial charge in [0.2, 0.25) is 0 Å². The monoisotopic (exact) mass is 478 g/mol. The number of amides is 1. The summed E-state index contributed by atoms with van der Waals surface area (Å²) in [6.45, 7) is 5.06. The molecular formula is C27H34N4O2S. The van der Waals surface area contributed by atoms with E-state index in [9.17, 15) is 4.79 Å². The maximum atomic E-state index is 13.3. The molecule has 0 spiro atoms. The number of ether oxygens (including phenoxy) is 1. The molecule has 2 aliphatic heterocycles. The Morgan fingerprint density at radius 1 is 0.971 bits per heavy atom. The summed E-state index contributed by atoms with van der Waals surface area (Å²) in [7, 11) is 0. The smallest absolute Gasteiger partial charge is 0.276 e. The van der Waals surface area contributed by atoms with E-state index < -0.39 is 6.17 Å². The first-order chi connectivity index (χ1) is 16.7. The summed E-state index contributed by atoms with van der Waals surface area (Å²) in [5.41, 5.74) is 1.45. The number of hydrogen-bond acceptors (Lipinski definition) is 6. The minimum atomic E-state index is -0.464. The van der Waals surface area contributed by atoms with E-state index in [-0.39, 0.29) is 5.91 Å². The number of hydrazone groups is 1. The molecule has 0 saturated heterocycles. The number of rotatable bonds is 11. The molecule has 1 N–H and O–H groups in total. The number of carbonyl (C=O) groups is 1. The third-order valence-corrected chi connectivity index (χ3v) is 6.90. The van der Waals surface area contributed by atoms with Gasteiger partial charge in [-0.15, -0.1) is 5.10 Å². The summed E-state index contributed by atoms with van der Waals surface area (Å²) in [5.74, 6) is 1.58. The summed E-state index contributed by atoms with van der Waals surface area (Å²) >= 11 is 1.59. The first-order valence-electron chi connectivity index (χ1n) is 12.4. The van der Waals surface area contributed by atoms with Gasteiger partial charge in [-0.1, -0.05) is 94.1 Å². The lowest BCUT2D eigenvalue weighted by atomic mass is 10.1. The highest BCUT2D eigenvalue weighted by Crippen LogP contribution is 2.35. The average Bonchev–Trinajstić information content (AvgIpc) is 2.86. The molecule has 2 aromatic rings. The molecule has 1 unspecified atom stereocenters. The Morgan fingerprint density at radius 3 is 2.59 bits per heavy atom. The van der Waals surface area contributed by atoms with E-state index in [4.69, 9.17) is 14.8 Å². The molecule has 1 amide bonds. The number of nitrogens with one attached hydrogen (secondary N) is 1. The van der Waals surface area contributed by atoms with E-state index in [1.54, 1.807) is 16.8 Å². The van der Waals surface area contributed by atoms with Gasteiger partial charge in [0.05, 0.1) is 12.0 Å². The van der Waals surface area contributed by atoms with Crippen molar-refractivity contribution in [3.05, 3.63) is 64.7 Å². The largest absolute Gasteiger partial charge is 0.493 e. The predicted octanol–water partition coefficient (Wildman–Crippen LogP) is 4.71. The second kappa shape index (κ2) is 12.1. The van der Waals surface area contributed by atoms with Gasteiger partial charge in [0, 0.05) is 16.5 Å². The van der Waals surface area contributed by atoms with Crippen molar-refractivity contribution in [3.63, 3.8) is 0 Å². The van der Waals surface area contributed by atoms with Crippen molar-refractivity contribution in [2.24, 2.45) is 10.1 Å². The van der Waals surface area contributed by atoms with Crippen LogP contribution in [0.25, 0.3) is 5.70 Å². The highest BCUT2D eigenvalue weighted by molar-refractivity contribution is 8.13. The highest BCUT2D eigenvalue weighted by atomic mass is 32.2. The lowest BCUT2D eigenvalue weighted by Gasteiger charge is -2.34. The zero-order chi connectivity index (χ0) is 23.8. The Morgan fingerprint density at radius 2 is 1.74 bits per heavy atom. The van der Waals surface area contributed by atoms with Crippen LogP contribution >= 0.6 is 11.8 Å². The number of carbonyl (C=O) groups excluding carboxylic acids is 1. The molecule has 4 rings (SSSR count). The van der Waals surface area contributed by atoms with Crippen LogP contribution in [0.3, 0.4) is 0 Å². The number of thioether (sulfide) groups is 1. The summed E-state index contributed by atoms with van der Waals surface area (Å²) in [6, 6.07) is 15.7. The van der Waals surface area contributed by atoms with Crippen LogP contribution in [-0.2, 0) is 4.79 Å². The SMILES string of the molecule is CCCCCCOc1ccccc1C1N=c2ccccc2=C2C(=O)NC(SCCCCC)=NN21. The molecule has 0 aliphatic carbocycles. The van der Waals surface area contributed by atoms with Gasteiger partial charge in [-0.05, 0) is 25.0 Å². The van der Waals surface area contributed by atoms with E-state index in [2.05, 4.69) is 19.2 Å². The first kappa shape index (κ1) is 24.3. The van der Waals surface area contributed by atoms with E-state index in [1.165, 1.54) is 19.3 Å². The summed E-state index contributed by atoms with van der Waals surface area (Å²) in [5, 5.41) is 11.9. The van der Waals surface area contributed by atoms with Gasteiger partial charge in [0.25, 0.3) is 5.91 Å². The van der Waals surface area contributed by atoms with Crippen molar-refractivity contribution < 1.29 is 9.53 Å². The van der Waals surface area contributed by atoms with E-state index >= 15 is 0 Å². The number of para-hydroxylation sites is 2. The molecule has 2 aromatic carbocycles. The van der Waals surface area contributed by atoms with Crippen molar-refractivity contribution in [1.29, 1.82) is 0 Å². The summed E-state index contributed by atoms with van der Waals surface area (Å²) < 4.78 is 6.20. The highest BCUT2D eigenvalue weighted by Gasteiger charge is 2.35. The first-order valence-corrected chi connectivity index (χ1v) is 13.4. The van der Waals surface area contributed by atoms with Gasteiger partial charge < -0.3 is 4.74 Å². The predicted molar refractivity (Wildman–Crippen MR) is 139 cm³/mol. The molecule has 6 nitrogen and oxygen atoms in total. The molecule has 0 bridgehead atoms. The molecule has 0 saturated carbocycles. The van der Waals surface area contributed by atoms with Crippen LogP contribution in [0.5, 0.6) is 5.75 Å². The van der Waals surface area contributed by atoms with Crippen LogP contribution < -0.4 is 20.6 Å². The van der Waals surface area contributed by atoms with E-state index in [1.807, 2.05) is 48.5 Å². The molecule has 0 radical (unpaired) electrons. The van der Waals surface area contributed by atoms with Crippen molar-refractivity contribution in [3.8, 4) is 5.75 Å². The molecular weight excluding hydrogens is 444 g/mol. The molecule has 34 heavy (non-hydrogen) atoms. The van der Waals surface area contributed by atoms with Crippen LogP contribution in [0, 0.1) is 0 Å². The molecule has 2 heterocycles. The quantitative estimate of drug-likeness (QED) is 0.475. The summed E-state index contributed by atoms with van der Waals surface area (Å²) in [4.78, 5) is 18.3. The number of nitrogens with zero attached hydrogens (tertiary/aromatic N) is 3. The normalized spacial score (nSPS) is 16.8. The van der Waals surface area contributed by atoms with Crippen molar-refractivity contribution in [2.45, 2.75) is 65.0 Å². The maximum absolute atomic E-state index is 13.3. The molecule has 0 aromatic heterocycles. The standard InChI is InChI=1S/C27H34N4O2S/c1-3-5-7-12-18-33-23-17-11-9-15-21(23)25-28-22-16-10-8-14-20(22)24-26(32)29-27(30-31(24)25)34-19-13-6-4-2/h8-11,14-17,25H,3-7,12-13,18-19H2,1-2H3,(H,29,30,32). The molecule has 7 heteroatoms. The number of fused-ring (bicyclic) bond motifs is 2. The number of amidine groups is 1. The Labute approximate surface area is 206 Å². The minimum absolute atomic E-state index is 0.140. The van der Waals surface area contributed by atoms with Crippen LogP contribution in [0.4, 0.5) is 0 Å². The van der Waals surface area contributed by atoms with Gasteiger partial charge in [-0.3, -0.25) is 15.1 Å². The van der Waals surface area contributed by atoms with Crippen LogP contribution in [-0.4, -0.2) is 28.4 Å². The fourth-order valence-corrected chi connectivity index (χ4v) is 5.00. The zero-order valence-corrected chi connectivity index (χ0v) is 20.9. The number of benzene rings is 2. The van der Waals surface area contributed by atoms with Gasteiger partial charge in [0.1, 0.15) is 11.4 Å². The molecule has 180 valence electrons. The van der Waals surface area contributed by atoms with E-state index in [0.717, 1.165) is 53.3 Å². The minimum Gasteiger partial charge on any atom is -0.493 e. The average molecular weight is 479 g/mol. The zero-order valence-electron chi connectivity index (χ0n) is 20.1. The molecule has 1 atom stereocenters. The number of hydrogen-bond donors (Lipinski definition) is 1. The second-order valence-electron chi connectivity index (χ2n) is 8.57. The maximum Gasteiger partial charge on any atom is 0.276 e.